The van der Waals surface area contributed by atoms with E-state index in [1.807, 2.05) is 12.4 Å². The fourth-order valence-corrected chi connectivity index (χ4v) is 3.18. The lowest BCUT2D eigenvalue weighted by atomic mass is 9.91. The molecule has 2 atom stereocenters. The number of hydrogen-bond donors (Lipinski definition) is 1. The van der Waals surface area contributed by atoms with Crippen molar-refractivity contribution in [3.63, 3.8) is 0 Å². The molecule has 1 heterocycles. The van der Waals surface area contributed by atoms with Crippen LogP contribution in [0, 0.1) is 11.8 Å². The van der Waals surface area contributed by atoms with Crippen molar-refractivity contribution in [3.05, 3.63) is 18.2 Å². The molecule has 1 aliphatic carbocycles. The first-order valence-corrected chi connectivity index (χ1v) is 7.48. The van der Waals surface area contributed by atoms with E-state index in [1.165, 1.54) is 51.0 Å². The molecule has 0 aromatic carbocycles. The number of imidazole rings is 1. The van der Waals surface area contributed by atoms with E-state index < -0.39 is 0 Å². The highest BCUT2D eigenvalue weighted by molar-refractivity contribution is 4.92. The van der Waals surface area contributed by atoms with E-state index in [1.54, 1.807) is 0 Å². The van der Waals surface area contributed by atoms with E-state index in [2.05, 4.69) is 28.8 Å². The van der Waals surface area contributed by atoms with Gasteiger partial charge in [0.25, 0.3) is 0 Å². The standard InChI is InChI=1S/C15H27N3/c1-3-9-16-12-14-6-4-5-13(14)7-8-15-17-10-11-18(15)2/h10-11,13-14,16H,3-9,12H2,1-2H3. The van der Waals surface area contributed by atoms with Crippen molar-refractivity contribution in [2.75, 3.05) is 13.1 Å². The van der Waals surface area contributed by atoms with Crippen LogP contribution in [0.4, 0.5) is 0 Å². The molecule has 3 nitrogen and oxygen atoms in total. The largest absolute Gasteiger partial charge is 0.338 e. The van der Waals surface area contributed by atoms with Crippen LogP contribution < -0.4 is 5.32 Å². The van der Waals surface area contributed by atoms with Crippen LogP contribution in [0.15, 0.2) is 12.4 Å². The molecule has 1 fully saturated rings. The van der Waals surface area contributed by atoms with Gasteiger partial charge >= 0.3 is 0 Å². The second-order valence-corrected chi connectivity index (χ2v) is 5.65. The smallest absolute Gasteiger partial charge is 0.108 e. The molecule has 1 saturated carbocycles. The predicted molar refractivity (Wildman–Crippen MR) is 75.5 cm³/mol. The lowest BCUT2D eigenvalue weighted by Gasteiger charge is -2.19. The highest BCUT2D eigenvalue weighted by atomic mass is 15.0. The van der Waals surface area contributed by atoms with Crippen molar-refractivity contribution in [2.24, 2.45) is 18.9 Å². The second kappa shape index (κ2) is 6.93. The second-order valence-electron chi connectivity index (χ2n) is 5.65. The van der Waals surface area contributed by atoms with Crippen molar-refractivity contribution in [1.29, 1.82) is 0 Å². The zero-order valence-corrected chi connectivity index (χ0v) is 11.9. The third-order valence-electron chi connectivity index (χ3n) is 4.31. The van der Waals surface area contributed by atoms with Crippen LogP contribution in [0.1, 0.15) is 44.9 Å². The summed E-state index contributed by atoms with van der Waals surface area (Å²) < 4.78 is 2.15. The van der Waals surface area contributed by atoms with E-state index in [0.717, 1.165) is 18.3 Å². The van der Waals surface area contributed by atoms with Crippen molar-refractivity contribution in [1.82, 2.24) is 14.9 Å². The number of aromatic nitrogens is 2. The van der Waals surface area contributed by atoms with Crippen LogP contribution in [-0.4, -0.2) is 22.6 Å². The maximum Gasteiger partial charge on any atom is 0.108 e. The zero-order chi connectivity index (χ0) is 12.8. The first kappa shape index (κ1) is 13.6. The Hall–Kier alpha value is -0.830. The Labute approximate surface area is 111 Å². The summed E-state index contributed by atoms with van der Waals surface area (Å²) in [6.07, 6.45) is 11.9. The highest BCUT2D eigenvalue weighted by Gasteiger charge is 2.26. The van der Waals surface area contributed by atoms with Crippen LogP contribution in [0.5, 0.6) is 0 Å². The molecule has 0 radical (unpaired) electrons. The number of hydrogen-bond acceptors (Lipinski definition) is 2. The average Bonchev–Trinajstić information content (AvgIpc) is 2.96. The number of nitrogens with one attached hydrogen (secondary N) is 1. The lowest BCUT2D eigenvalue weighted by molar-refractivity contribution is 0.345. The number of nitrogens with zero attached hydrogens (tertiary/aromatic N) is 2. The Bertz CT molecular complexity index is 345. The van der Waals surface area contributed by atoms with Crippen LogP contribution in [0.3, 0.4) is 0 Å². The maximum absolute atomic E-state index is 4.42. The van der Waals surface area contributed by atoms with Crippen LogP contribution in [0.2, 0.25) is 0 Å². The first-order valence-electron chi connectivity index (χ1n) is 7.48. The minimum atomic E-state index is 0.900. The van der Waals surface area contributed by atoms with Gasteiger partial charge in [-0.3, -0.25) is 0 Å². The summed E-state index contributed by atoms with van der Waals surface area (Å²) in [4.78, 5) is 4.42. The Balaban J connectivity index is 1.75. The maximum atomic E-state index is 4.42. The molecule has 1 aliphatic rings. The van der Waals surface area contributed by atoms with E-state index in [0.29, 0.717) is 0 Å². The van der Waals surface area contributed by atoms with Crippen LogP contribution in [-0.2, 0) is 13.5 Å². The van der Waals surface area contributed by atoms with E-state index in [9.17, 15) is 0 Å². The molecule has 1 aromatic heterocycles. The van der Waals surface area contributed by atoms with E-state index >= 15 is 0 Å². The average molecular weight is 249 g/mol. The van der Waals surface area contributed by atoms with Gasteiger partial charge in [0.15, 0.2) is 0 Å². The lowest BCUT2D eigenvalue weighted by Crippen LogP contribution is -2.26. The molecule has 3 heteroatoms. The third kappa shape index (κ3) is 3.58. The molecular formula is C15H27N3. The SMILES string of the molecule is CCCNCC1CCCC1CCc1nccn1C. The minimum Gasteiger partial charge on any atom is -0.338 e. The molecule has 2 unspecified atom stereocenters. The Morgan fingerprint density at radius 2 is 2.22 bits per heavy atom. The molecule has 1 N–H and O–H groups in total. The summed E-state index contributed by atoms with van der Waals surface area (Å²) in [5, 5.41) is 3.59. The zero-order valence-electron chi connectivity index (χ0n) is 11.9. The monoisotopic (exact) mass is 249 g/mol. The van der Waals surface area contributed by atoms with Crippen molar-refractivity contribution < 1.29 is 0 Å². The molecule has 0 saturated heterocycles. The van der Waals surface area contributed by atoms with Gasteiger partial charge in [-0.25, -0.2) is 4.98 Å². The molecule has 0 aliphatic heterocycles. The van der Waals surface area contributed by atoms with Gasteiger partial charge in [-0.05, 0) is 44.2 Å². The summed E-state index contributed by atoms with van der Waals surface area (Å²) in [7, 11) is 2.09. The van der Waals surface area contributed by atoms with Crippen molar-refractivity contribution >= 4 is 0 Å². The summed E-state index contributed by atoms with van der Waals surface area (Å²) in [5.74, 6) is 3.05. The van der Waals surface area contributed by atoms with Gasteiger partial charge in [0.05, 0.1) is 0 Å². The topological polar surface area (TPSA) is 29.9 Å². The molecule has 1 aromatic rings. The molecule has 2 rings (SSSR count). The molecule has 0 amide bonds. The van der Waals surface area contributed by atoms with E-state index in [4.69, 9.17) is 0 Å². The predicted octanol–water partition coefficient (Wildman–Crippen LogP) is 2.77. The number of aryl methyl sites for hydroxylation is 2. The Kier molecular flexibility index (Phi) is 5.24. The summed E-state index contributed by atoms with van der Waals surface area (Å²) >= 11 is 0. The van der Waals surface area contributed by atoms with Gasteiger partial charge in [-0.15, -0.1) is 0 Å². The Morgan fingerprint density at radius 3 is 2.94 bits per heavy atom. The summed E-state index contributed by atoms with van der Waals surface area (Å²) in [5.41, 5.74) is 0. The normalized spacial score (nSPS) is 23.7. The van der Waals surface area contributed by atoms with Crippen LogP contribution in [0.25, 0.3) is 0 Å². The van der Waals surface area contributed by atoms with Crippen molar-refractivity contribution in [3.8, 4) is 0 Å². The van der Waals surface area contributed by atoms with Crippen LogP contribution >= 0.6 is 0 Å². The van der Waals surface area contributed by atoms with Gasteiger partial charge in [0.2, 0.25) is 0 Å². The quantitative estimate of drug-likeness (QED) is 0.753. The Morgan fingerprint density at radius 1 is 1.39 bits per heavy atom. The third-order valence-corrected chi connectivity index (χ3v) is 4.31. The van der Waals surface area contributed by atoms with Gasteiger partial charge in [0, 0.05) is 25.9 Å². The van der Waals surface area contributed by atoms with Gasteiger partial charge in [0.1, 0.15) is 5.82 Å². The highest BCUT2D eigenvalue weighted by Crippen LogP contribution is 2.34. The molecule has 0 spiro atoms. The number of rotatable bonds is 7. The first-order chi connectivity index (χ1) is 8.81. The fourth-order valence-electron chi connectivity index (χ4n) is 3.18. The van der Waals surface area contributed by atoms with Gasteiger partial charge in [-0.1, -0.05) is 19.8 Å². The summed E-state index contributed by atoms with van der Waals surface area (Å²) in [6, 6.07) is 0. The van der Waals surface area contributed by atoms with Gasteiger partial charge < -0.3 is 9.88 Å². The molecule has 102 valence electrons. The minimum absolute atomic E-state index is 0.900. The van der Waals surface area contributed by atoms with E-state index in [-0.39, 0.29) is 0 Å². The summed E-state index contributed by atoms with van der Waals surface area (Å²) in [6.45, 7) is 4.63. The molecular weight excluding hydrogens is 222 g/mol. The van der Waals surface area contributed by atoms with Gasteiger partial charge in [-0.2, -0.15) is 0 Å². The molecule has 0 bridgehead atoms. The molecule has 18 heavy (non-hydrogen) atoms. The van der Waals surface area contributed by atoms with Crippen molar-refractivity contribution in [2.45, 2.75) is 45.4 Å². The fraction of sp³-hybridized carbons (Fsp3) is 0.800.